The Labute approximate surface area is 174 Å². The molecule has 0 fully saturated rings. The van der Waals surface area contributed by atoms with E-state index >= 15 is 0 Å². The average Bonchev–Trinajstić information content (AvgIpc) is 3.15. The molecule has 2 aromatic carbocycles. The summed E-state index contributed by atoms with van der Waals surface area (Å²) in [4.78, 5) is 6.93. The molecule has 0 radical (unpaired) electrons. The lowest BCUT2D eigenvalue weighted by molar-refractivity contribution is 0.452. The van der Waals surface area contributed by atoms with Gasteiger partial charge in [0.15, 0.2) is 0 Å². The van der Waals surface area contributed by atoms with Crippen molar-refractivity contribution in [2.24, 2.45) is 7.05 Å². The highest BCUT2D eigenvalue weighted by atomic mass is 15.1. The Bertz CT molecular complexity index is 987. The Hall–Kier alpha value is -2.59. The van der Waals surface area contributed by atoms with E-state index in [4.69, 9.17) is 0 Å². The van der Waals surface area contributed by atoms with Gasteiger partial charge in [0.2, 0.25) is 0 Å². The molecule has 0 bridgehead atoms. The quantitative estimate of drug-likeness (QED) is 0.663. The fourth-order valence-corrected chi connectivity index (χ4v) is 4.40. The van der Waals surface area contributed by atoms with Gasteiger partial charge in [-0.15, -0.1) is 0 Å². The van der Waals surface area contributed by atoms with Crippen molar-refractivity contribution in [1.29, 1.82) is 0 Å². The molecule has 4 nitrogen and oxygen atoms in total. The minimum atomic E-state index is 0.150. The summed E-state index contributed by atoms with van der Waals surface area (Å²) >= 11 is 0. The molecule has 0 amide bonds. The van der Waals surface area contributed by atoms with Crippen molar-refractivity contribution >= 4 is 5.69 Å². The van der Waals surface area contributed by atoms with Crippen molar-refractivity contribution in [3.63, 3.8) is 0 Å². The number of fused-ring (bicyclic) bond motifs is 1. The molecule has 4 rings (SSSR count). The molecule has 1 N–H and O–H groups in total. The molecule has 1 aliphatic rings. The van der Waals surface area contributed by atoms with Crippen molar-refractivity contribution in [1.82, 2.24) is 14.9 Å². The predicted octanol–water partition coefficient (Wildman–Crippen LogP) is 5.06. The van der Waals surface area contributed by atoms with Crippen molar-refractivity contribution < 1.29 is 0 Å². The number of hydrogen-bond acceptors (Lipinski definition) is 3. The van der Waals surface area contributed by atoms with Crippen molar-refractivity contribution in [2.75, 3.05) is 18.5 Å². The maximum absolute atomic E-state index is 4.38. The zero-order valence-electron chi connectivity index (χ0n) is 18.2. The molecule has 0 aliphatic carbocycles. The van der Waals surface area contributed by atoms with Gasteiger partial charge in [-0.3, -0.25) is 0 Å². The minimum Gasteiger partial charge on any atom is -0.367 e. The molecule has 152 valence electrons. The van der Waals surface area contributed by atoms with Crippen LogP contribution in [0.1, 0.15) is 49.9 Å². The zero-order chi connectivity index (χ0) is 20.6. The van der Waals surface area contributed by atoms with Crippen LogP contribution in [-0.2, 0) is 19.0 Å². The Morgan fingerprint density at radius 2 is 1.93 bits per heavy atom. The molecular formula is C25H32N4. The first-order chi connectivity index (χ1) is 13.9. The third-order valence-corrected chi connectivity index (χ3v) is 6.45. The highest BCUT2D eigenvalue weighted by molar-refractivity contribution is 5.73. The Balaban J connectivity index is 1.87. The van der Waals surface area contributed by atoms with Gasteiger partial charge in [-0.2, -0.15) is 0 Å². The summed E-state index contributed by atoms with van der Waals surface area (Å²) in [5.41, 5.74) is 8.08. The SMILES string of the molecule is CNC(C)c1cc2c(cc1-c1cncn1C)C(C)(C)CCN2Cc1ccccc1. The lowest BCUT2D eigenvalue weighted by Crippen LogP contribution is -2.37. The molecule has 1 aromatic heterocycles. The van der Waals surface area contributed by atoms with Crippen LogP contribution in [0.25, 0.3) is 11.3 Å². The highest BCUT2D eigenvalue weighted by Crippen LogP contribution is 2.44. The molecule has 0 spiro atoms. The molecule has 0 saturated carbocycles. The van der Waals surface area contributed by atoms with Gasteiger partial charge in [-0.1, -0.05) is 44.2 Å². The first kappa shape index (κ1) is 19.7. The lowest BCUT2D eigenvalue weighted by atomic mass is 9.75. The van der Waals surface area contributed by atoms with E-state index in [0.29, 0.717) is 0 Å². The number of nitrogens with zero attached hydrogens (tertiary/aromatic N) is 3. The van der Waals surface area contributed by atoms with Crippen LogP contribution in [0.5, 0.6) is 0 Å². The molecule has 2 heterocycles. The smallest absolute Gasteiger partial charge is 0.0948 e. The van der Waals surface area contributed by atoms with Crippen molar-refractivity contribution in [3.05, 3.63) is 71.7 Å². The number of hydrogen-bond donors (Lipinski definition) is 1. The van der Waals surface area contributed by atoms with Crippen LogP contribution in [0.3, 0.4) is 0 Å². The largest absolute Gasteiger partial charge is 0.367 e. The van der Waals surface area contributed by atoms with Crippen LogP contribution in [0.2, 0.25) is 0 Å². The normalized spacial score (nSPS) is 16.5. The zero-order valence-corrected chi connectivity index (χ0v) is 18.2. The number of aromatic nitrogens is 2. The van der Waals surface area contributed by atoms with Gasteiger partial charge >= 0.3 is 0 Å². The average molecular weight is 389 g/mol. The standard InChI is InChI=1S/C25H32N4/c1-18(26-4)20-14-23-22(13-21(20)24-15-27-17-28(24)5)25(2,3)11-12-29(23)16-19-9-7-6-8-10-19/h6-10,13-15,17-18,26H,11-12,16H2,1-5H3. The van der Waals surface area contributed by atoms with Gasteiger partial charge in [0.05, 0.1) is 18.2 Å². The van der Waals surface area contributed by atoms with Gasteiger partial charge in [0, 0.05) is 37.4 Å². The third kappa shape index (κ3) is 3.69. The lowest BCUT2D eigenvalue weighted by Gasteiger charge is -2.41. The maximum Gasteiger partial charge on any atom is 0.0948 e. The van der Waals surface area contributed by atoms with E-state index in [2.05, 4.69) is 90.1 Å². The van der Waals surface area contributed by atoms with Crippen LogP contribution < -0.4 is 10.2 Å². The van der Waals surface area contributed by atoms with Crippen molar-refractivity contribution in [2.45, 2.75) is 45.2 Å². The molecule has 3 aromatic rings. The fourth-order valence-electron chi connectivity index (χ4n) is 4.40. The van der Waals surface area contributed by atoms with E-state index in [-0.39, 0.29) is 11.5 Å². The minimum absolute atomic E-state index is 0.150. The molecular weight excluding hydrogens is 356 g/mol. The first-order valence-electron chi connectivity index (χ1n) is 10.5. The van der Waals surface area contributed by atoms with Crippen LogP contribution in [-0.4, -0.2) is 23.1 Å². The second-order valence-corrected chi connectivity index (χ2v) is 8.90. The maximum atomic E-state index is 4.38. The molecule has 1 atom stereocenters. The van der Waals surface area contributed by atoms with Crippen LogP contribution >= 0.6 is 0 Å². The second kappa shape index (κ2) is 7.68. The van der Waals surface area contributed by atoms with Gasteiger partial charge in [0.25, 0.3) is 0 Å². The molecule has 1 aliphatic heterocycles. The predicted molar refractivity (Wildman–Crippen MR) is 121 cm³/mol. The van der Waals surface area contributed by atoms with Gasteiger partial charge < -0.3 is 14.8 Å². The van der Waals surface area contributed by atoms with Crippen LogP contribution in [0.15, 0.2) is 55.0 Å². The Morgan fingerprint density at radius 1 is 1.17 bits per heavy atom. The van der Waals surface area contributed by atoms with Crippen molar-refractivity contribution in [3.8, 4) is 11.3 Å². The summed E-state index contributed by atoms with van der Waals surface area (Å²) in [6.45, 7) is 9.01. The Morgan fingerprint density at radius 3 is 2.59 bits per heavy atom. The Kier molecular flexibility index (Phi) is 5.22. The molecule has 29 heavy (non-hydrogen) atoms. The molecule has 4 heteroatoms. The fraction of sp³-hybridized carbons (Fsp3) is 0.400. The van der Waals surface area contributed by atoms with E-state index in [1.54, 1.807) is 0 Å². The van der Waals surface area contributed by atoms with Gasteiger partial charge in [-0.05, 0) is 54.6 Å². The van der Waals surface area contributed by atoms with E-state index in [1.807, 2.05) is 19.6 Å². The summed E-state index contributed by atoms with van der Waals surface area (Å²) in [6.07, 6.45) is 5.01. The summed E-state index contributed by atoms with van der Waals surface area (Å²) in [6, 6.07) is 15.9. The van der Waals surface area contributed by atoms with Gasteiger partial charge in [0.1, 0.15) is 0 Å². The summed E-state index contributed by atoms with van der Waals surface area (Å²) in [7, 11) is 4.10. The summed E-state index contributed by atoms with van der Waals surface area (Å²) < 4.78 is 2.12. The molecule has 0 saturated heterocycles. The topological polar surface area (TPSA) is 33.1 Å². The monoisotopic (exact) mass is 388 g/mol. The number of anilines is 1. The van der Waals surface area contributed by atoms with E-state index in [1.165, 1.54) is 33.6 Å². The first-order valence-corrected chi connectivity index (χ1v) is 10.5. The number of nitrogens with one attached hydrogen (secondary N) is 1. The number of aryl methyl sites for hydroxylation is 1. The van der Waals surface area contributed by atoms with Crippen LogP contribution in [0, 0.1) is 0 Å². The highest BCUT2D eigenvalue weighted by Gasteiger charge is 2.33. The number of imidazole rings is 1. The van der Waals surface area contributed by atoms with E-state index < -0.39 is 0 Å². The summed E-state index contributed by atoms with van der Waals surface area (Å²) in [5.74, 6) is 0. The number of rotatable bonds is 5. The van der Waals surface area contributed by atoms with E-state index in [9.17, 15) is 0 Å². The van der Waals surface area contributed by atoms with Crippen LogP contribution in [0.4, 0.5) is 5.69 Å². The number of benzene rings is 2. The van der Waals surface area contributed by atoms with E-state index in [0.717, 1.165) is 19.5 Å². The second-order valence-electron chi connectivity index (χ2n) is 8.90. The summed E-state index contributed by atoms with van der Waals surface area (Å²) in [5, 5.41) is 3.45. The van der Waals surface area contributed by atoms with Gasteiger partial charge in [-0.25, -0.2) is 4.98 Å². The third-order valence-electron chi connectivity index (χ3n) is 6.45. The molecule has 1 unspecified atom stereocenters.